The quantitative estimate of drug-likeness (QED) is 0.676. The molecule has 144 valence electrons. The van der Waals surface area contributed by atoms with Gasteiger partial charge < -0.3 is 9.64 Å². The molecule has 0 N–H and O–H groups in total. The van der Waals surface area contributed by atoms with Gasteiger partial charge in [-0.15, -0.1) is 0 Å². The molecule has 5 heteroatoms. The maximum atomic E-state index is 13.2. The summed E-state index contributed by atoms with van der Waals surface area (Å²) in [6.45, 7) is 4.86. The molecule has 1 aliphatic rings. The Balaban J connectivity index is 1.61. The number of methoxy groups -OCH3 is 1. The number of hydrogen-bond acceptors (Lipinski definition) is 3. The highest BCUT2D eigenvalue weighted by molar-refractivity contribution is 5.92. The Labute approximate surface area is 165 Å². The Hall–Kier alpha value is -3.08. The summed E-state index contributed by atoms with van der Waals surface area (Å²) in [6.07, 6.45) is 3.82. The minimum atomic E-state index is -0.0200. The second-order valence-corrected chi connectivity index (χ2v) is 7.39. The zero-order chi connectivity index (χ0) is 19.7. The van der Waals surface area contributed by atoms with Crippen LogP contribution in [-0.2, 0) is 0 Å². The van der Waals surface area contributed by atoms with Gasteiger partial charge in [0.25, 0.3) is 5.91 Å². The molecule has 5 nitrogen and oxygen atoms in total. The molecule has 1 fully saturated rings. The number of benzene rings is 2. The van der Waals surface area contributed by atoms with Crippen LogP contribution in [0.4, 0.5) is 0 Å². The molecule has 0 radical (unpaired) electrons. The second-order valence-electron chi connectivity index (χ2n) is 7.39. The molecule has 1 atom stereocenters. The molecule has 1 saturated heterocycles. The van der Waals surface area contributed by atoms with Gasteiger partial charge in [-0.25, -0.2) is 4.68 Å². The molecule has 0 bridgehead atoms. The summed E-state index contributed by atoms with van der Waals surface area (Å²) in [4.78, 5) is 15.1. The number of carbonyl (C=O) groups excluding carboxylic acids is 1. The number of ether oxygens (including phenoxy) is 1. The summed E-state index contributed by atoms with van der Waals surface area (Å²) in [6, 6.07) is 16.3. The highest BCUT2D eigenvalue weighted by Crippen LogP contribution is 2.33. The van der Waals surface area contributed by atoms with E-state index < -0.39 is 0 Å². The number of nitrogens with zero attached hydrogens (tertiary/aromatic N) is 3. The number of likely N-dealkylation sites (tertiary alicyclic amines) is 1. The second kappa shape index (κ2) is 7.50. The van der Waals surface area contributed by atoms with Gasteiger partial charge in [0.2, 0.25) is 0 Å². The first-order chi connectivity index (χ1) is 13.6. The average Bonchev–Trinajstić information content (AvgIpc) is 3.38. The first kappa shape index (κ1) is 18.3. The highest BCUT2D eigenvalue weighted by atomic mass is 16.5. The van der Waals surface area contributed by atoms with E-state index >= 15 is 0 Å². The Kier molecular flexibility index (Phi) is 4.90. The topological polar surface area (TPSA) is 47.4 Å². The molecule has 0 spiro atoms. The van der Waals surface area contributed by atoms with Crippen LogP contribution in [0.2, 0.25) is 0 Å². The van der Waals surface area contributed by atoms with Crippen LogP contribution in [0.3, 0.4) is 0 Å². The van der Waals surface area contributed by atoms with Gasteiger partial charge in [-0.1, -0.05) is 35.9 Å². The Morgan fingerprint density at radius 3 is 2.57 bits per heavy atom. The van der Waals surface area contributed by atoms with Gasteiger partial charge in [0.05, 0.1) is 13.2 Å². The van der Waals surface area contributed by atoms with Crippen LogP contribution < -0.4 is 4.74 Å². The number of hydrogen-bond donors (Lipinski definition) is 0. The van der Waals surface area contributed by atoms with Gasteiger partial charge in [-0.2, -0.15) is 5.10 Å². The molecule has 2 heterocycles. The summed E-state index contributed by atoms with van der Waals surface area (Å²) in [5.41, 5.74) is 4.82. The molecule has 1 unspecified atom stereocenters. The lowest BCUT2D eigenvalue weighted by Crippen LogP contribution is -2.31. The van der Waals surface area contributed by atoms with Crippen LogP contribution in [0, 0.1) is 13.8 Å². The van der Waals surface area contributed by atoms with E-state index in [1.54, 1.807) is 17.9 Å². The van der Waals surface area contributed by atoms with Gasteiger partial charge in [-0.3, -0.25) is 4.79 Å². The zero-order valence-corrected chi connectivity index (χ0v) is 16.6. The lowest BCUT2D eigenvalue weighted by molar-refractivity contribution is 0.0729. The van der Waals surface area contributed by atoms with E-state index in [1.807, 2.05) is 36.2 Å². The molecule has 28 heavy (non-hydrogen) atoms. The van der Waals surface area contributed by atoms with E-state index in [1.165, 1.54) is 11.1 Å². The van der Waals surface area contributed by atoms with Crippen LogP contribution in [0.25, 0.3) is 5.69 Å². The molecule has 1 aromatic heterocycles. The molecular weight excluding hydrogens is 350 g/mol. The molecule has 2 aromatic carbocycles. The lowest BCUT2D eigenvalue weighted by atomic mass is 10.0. The molecule has 1 amide bonds. The van der Waals surface area contributed by atoms with Crippen molar-refractivity contribution in [3.8, 4) is 11.4 Å². The van der Waals surface area contributed by atoms with Crippen molar-refractivity contribution >= 4 is 5.91 Å². The van der Waals surface area contributed by atoms with Gasteiger partial charge in [0.1, 0.15) is 11.4 Å². The third kappa shape index (κ3) is 3.40. The average molecular weight is 375 g/mol. The first-order valence-electron chi connectivity index (χ1n) is 9.65. The van der Waals surface area contributed by atoms with Crippen LogP contribution in [0.1, 0.15) is 46.1 Å². The minimum absolute atomic E-state index is 0.0200. The Bertz CT molecular complexity index is 991. The normalized spacial score (nSPS) is 16.4. The fourth-order valence-corrected chi connectivity index (χ4v) is 3.84. The number of amides is 1. The van der Waals surface area contributed by atoms with Crippen molar-refractivity contribution in [2.24, 2.45) is 0 Å². The van der Waals surface area contributed by atoms with Crippen molar-refractivity contribution in [2.75, 3.05) is 13.7 Å². The van der Waals surface area contributed by atoms with Crippen LogP contribution in [0.15, 0.2) is 54.7 Å². The number of aryl methyl sites for hydroxylation is 2. The van der Waals surface area contributed by atoms with Crippen molar-refractivity contribution < 1.29 is 9.53 Å². The maximum absolute atomic E-state index is 13.2. The van der Waals surface area contributed by atoms with Crippen LogP contribution >= 0.6 is 0 Å². The molecular formula is C23H25N3O2. The summed E-state index contributed by atoms with van der Waals surface area (Å²) in [5, 5.41) is 4.56. The maximum Gasteiger partial charge on any atom is 0.274 e. The van der Waals surface area contributed by atoms with Gasteiger partial charge in [0, 0.05) is 12.7 Å². The Morgan fingerprint density at radius 2 is 1.82 bits per heavy atom. The van der Waals surface area contributed by atoms with E-state index in [0.717, 1.165) is 36.4 Å². The summed E-state index contributed by atoms with van der Waals surface area (Å²) in [5.74, 6) is 0.708. The predicted octanol–water partition coefficient (Wildman–Crippen LogP) is 4.48. The van der Waals surface area contributed by atoms with Gasteiger partial charge in [0.15, 0.2) is 5.69 Å². The van der Waals surface area contributed by atoms with Crippen LogP contribution in [0.5, 0.6) is 5.75 Å². The Morgan fingerprint density at radius 1 is 1.07 bits per heavy atom. The van der Waals surface area contributed by atoms with Crippen molar-refractivity contribution in [1.29, 1.82) is 0 Å². The van der Waals surface area contributed by atoms with Crippen molar-refractivity contribution in [1.82, 2.24) is 14.7 Å². The van der Waals surface area contributed by atoms with E-state index in [4.69, 9.17) is 4.74 Å². The number of aromatic nitrogens is 2. The lowest BCUT2D eigenvalue weighted by Gasteiger charge is -2.24. The summed E-state index contributed by atoms with van der Waals surface area (Å²) < 4.78 is 7.17. The standard InChI is InChI=1S/C23H25N3O2/c1-16-6-9-18(10-7-16)20-5-4-13-25(20)23(27)19-12-14-26(24-19)21-15-17(2)8-11-22(21)28-3/h6-12,14-15,20H,4-5,13H2,1-3H3. The minimum Gasteiger partial charge on any atom is -0.494 e. The molecule has 3 aromatic rings. The zero-order valence-electron chi connectivity index (χ0n) is 16.6. The molecule has 4 rings (SSSR count). The molecule has 0 aliphatic carbocycles. The van der Waals surface area contributed by atoms with E-state index in [0.29, 0.717) is 5.69 Å². The first-order valence-corrected chi connectivity index (χ1v) is 9.65. The number of carbonyl (C=O) groups is 1. The van der Waals surface area contributed by atoms with Crippen molar-refractivity contribution in [3.63, 3.8) is 0 Å². The van der Waals surface area contributed by atoms with Crippen molar-refractivity contribution in [2.45, 2.75) is 32.7 Å². The third-order valence-electron chi connectivity index (χ3n) is 5.37. The fourth-order valence-electron chi connectivity index (χ4n) is 3.84. The van der Waals surface area contributed by atoms with Crippen LogP contribution in [-0.4, -0.2) is 34.2 Å². The molecule has 0 saturated carbocycles. The predicted molar refractivity (Wildman–Crippen MR) is 109 cm³/mol. The largest absolute Gasteiger partial charge is 0.494 e. The van der Waals surface area contributed by atoms with Gasteiger partial charge in [-0.05, 0) is 56.0 Å². The third-order valence-corrected chi connectivity index (χ3v) is 5.37. The number of rotatable bonds is 4. The van der Waals surface area contributed by atoms with Crippen molar-refractivity contribution in [3.05, 3.63) is 77.1 Å². The smallest absolute Gasteiger partial charge is 0.274 e. The molecule has 1 aliphatic heterocycles. The summed E-state index contributed by atoms with van der Waals surface area (Å²) in [7, 11) is 1.64. The van der Waals surface area contributed by atoms with E-state index in [9.17, 15) is 4.79 Å². The highest BCUT2D eigenvalue weighted by Gasteiger charge is 2.31. The van der Waals surface area contributed by atoms with Gasteiger partial charge >= 0.3 is 0 Å². The van der Waals surface area contributed by atoms with E-state index in [2.05, 4.69) is 36.3 Å². The summed E-state index contributed by atoms with van der Waals surface area (Å²) >= 11 is 0. The fraction of sp³-hybridized carbons (Fsp3) is 0.304. The SMILES string of the molecule is COc1ccc(C)cc1-n1ccc(C(=O)N2CCCC2c2ccc(C)cc2)n1. The monoisotopic (exact) mass is 375 g/mol. The van der Waals surface area contributed by atoms with E-state index in [-0.39, 0.29) is 11.9 Å².